The molecule has 0 aromatic heterocycles. The lowest BCUT2D eigenvalue weighted by Gasteiger charge is -2.24. The van der Waals surface area contributed by atoms with Gasteiger partial charge in [-0.2, -0.15) is 0 Å². The van der Waals surface area contributed by atoms with E-state index in [4.69, 9.17) is 9.78 Å². The average molecular weight is 275 g/mol. The Morgan fingerprint density at radius 3 is 2.85 bits per heavy atom. The van der Waals surface area contributed by atoms with E-state index in [2.05, 4.69) is 17.4 Å². The molecule has 1 aromatic carbocycles. The summed E-state index contributed by atoms with van der Waals surface area (Å²) in [5.41, 5.74) is 4.56. The lowest BCUT2D eigenvalue weighted by molar-refractivity contribution is -0.309. The Morgan fingerprint density at radius 1 is 1.30 bits per heavy atom. The molecule has 1 spiro atoms. The van der Waals surface area contributed by atoms with Crippen LogP contribution in [0, 0.1) is 6.92 Å². The maximum Gasteiger partial charge on any atom is 0.221 e. The van der Waals surface area contributed by atoms with E-state index in [0.29, 0.717) is 6.61 Å². The fourth-order valence-electron chi connectivity index (χ4n) is 3.29. The summed E-state index contributed by atoms with van der Waals surface area (Å²) in [7, 11) is 0. The summed E-state index contributed by atoms with van der Waals surface area (Å²) >= 11 is 0. The van der Waals surface area contributed by atoms with E-state index in [1.165, 1.54) is 11.1 Å². The Labute approximate surface area is 119 Å². The maximum atomic E-state index is 11.3. The van der Waals surface area contributed by atoms with Crippen molar-refractivity contribution in [2.24, 2.45) is 0 Å². The van der Waals surface area contributed by atoms with Crippen molar-refractivity contribution in [1.82, 2.24) is 0 Å². The standard InChI is InChI=1S/C16H21NO3/c1-11-8-14-10-16(6-7-19-20-16)5-3-4-13(14)9-15(11)17-12(2)18/h8-9H,3-7,10H2,1-2H3,(H,17,18). The fraction of sp³-hybridized carbons (Fsp3) is 0.562. The molecule has 1 aliphatic carbocycles. The molecule has 1 unspecified atom stereocenters. The highest BCUT2D eigenvalue weighted by Gasteiger charge is 2.39. The van der Waals surface area contributed by atoms with E-state index >= 15 is 0 Å². The van der Waals surface area contributed by atoms with E-state index in [1.54, 1.807) is 6.92 Å². The third-order valence-electron chi connectivity index (χ3n) is 4.33. The zero-order valence-corrected chi connectivity index (χ0v) is 12.1. The van der Waals surface area contributed by atoms with Crippen molar-refractivity contribution in [1.29, 1.82) is 0 Å². The van der Waals surface area contributed by atoms with Gasteiger partial charge in [-0.05, 0) is 48.9 Å². The Balaban J connectivity index is 1.93. The van der Waals surface area contributed by atoms with Gasteiger partial charge in [0.05, 0.1) is 6.61 Å². The van der Waals surface area contributed by atoms with E-state index < -0.39 is 0 Å². The van der Waals surface area contributed by atoms with E-state index in [9.17, 15) is 4.79 Å². The third kappa shape index (κ3) is 2.58. The smallest absolute Gasteiger partial charge is 0.221 e. The number of benzene rings is 1. The second-order valence-electron chi connectivity index (χ2n) is 5.99. The first-order valence-electron chi connectivity index (χ1n) is 7.29. The van der Waals surface area contributed by atoms with E-state index in [0.717, 1.165) is 43.4 Å². The van der Waals surface area contributed by atoms with Crippen LogP contribution in [0.2, 0.25) is 0 Å². The first-order chi connectivity index (χ1) is 9.58. The number of amides is 1. The van der Waals surface area contributed by atoms with Gasteiger partial charge in [-0.1, -0.05) is 6.07 Å². The lowest BCUT2D eigenvalue weighted by Crippen LogP contribution is -2.29. The average Bonchev–Trinajstić information content (AvgIpc) is 2.74. The molecule has 4 nitrogen and oxygen atoms in total. The molecule has 108 valence electrons. The molecule has 1 N–H and O–H groups in total. The molecule has 1 atom stereocenters. The molecule has 4 heteroatoms. The van der Waals surface area contributed by atoms with Crippen molar-refractivity contribution in [2.45, 2.75) is 51.6 Å². The van der Waals surface area contributed by atoms with Crippen molar-refractivity contribution < 1.29 is 14.6 Å². The number of hydrogen-bond donors (Lipinski definition) is 1. The summed E-state index contributed by atoms with van der Waals surface area (Å²) in [5.74, 6) is -0.0225. The minimum absolute atomic E-state index is 0.0225. The van der Waals surface area contributed by atoms with Gasteiger partial charge in [-0.3, -0.25) is 4.79 Å². The van der Waals surface area contributed by atoms with Crippen molar-refractivity contribution in [2.75, 3.05) is 11.9 Å². The molecule has 0 saturated carbocycles. The van der Waals surface area contributed by atoms with Crippen molar-refractivity contribution in [3.63, 3.8) is 0 Å². The molecular formula is C16H21NO3. The molecule has 2 aliphatic rings. The van der Waals surface area contributed by atoms with Crippen LogP contribution in [0.15, 0.2) is 12.1 Å². The molecule has 1 amide bonds. The second-order valence-corrected chi connectivity index (χ2v) is 5.99. The van der Waals surface area contributed by atoms with Crippen molar-refractivity contribution >= 4 is 11.6 Å². The molecule has 0 radical (unpaired) electrons. The van der Waals surface area contributed by atoms with Crippen molar-refractivity contribution in [3.05, 3.63) is 28.8 Å². The zero-order valence-electron chi connectivity index (χ0n) is 12.1. The largest absolute Gasteiger partial charge is 0.326 e. The minimum Gasteiger partial charge on any atom is -0.326 e. The first kappa shape index (κ1) is 13.6. The summed E-state index contributed by atoms with van der Waals surface area (Å²) in [4.78, 5) is 22.0. The Kier molecular flexibility index (Phi) is 3.52. The number of aryl methyl sites for hydroxylation is 2. The Hall–Kier alpha value is -1.39. The predicted octanol–water partition coefficient (Wildman–Crippen LogP) is 2.92. The predicted molar refractivity (Wildman–Crippen MR) is 76.5 cm³/mol. The zero-order chi connectivity index (χ0) is 14.2. The van der Waals surface area contributed by atoms with Crippen LogP contribution in [0.4, 0.5) is 5.69 Å². The van der Waals surface area contributed by atoms with Crippen LogP contribution in [-0.4, -0.2) is 18.1 Å². The third-order valence-corrected chi connectivity index (χ3v) is 4.33. The van der Waals surface area contributed by atoms with Gasteiger partial charge in [0.1, 0.15) is 5.60 Å². The fourth-order valence-corrected chi connectivity index (χ4v) is 3.29. The van der Waals surface area contributed by atoms with Crippen LogP contribution in [0.25, 0.3) is 0 Å². The van der Waals surface area contributed by atoms with Gasteiger partial charge in [-0.25, -0.2) is 9.78 Å². The number of fused-ring (bicyclic) bond motifs is 1. The molecule has 0 bridgehead atoms. The molecular weight excluding hydrogens is 254 g/mol. The highest BCUT2D eigenvalue weighted by Crippen LogP contribution is 2.38. The first-order valence-corrected chi connectivity index (χ1v) is 7.29. The number of nitrogens with one attached hydrogen (secondary N) is 1. The van der Waals surface area contributed by atoms with Gasteiger partial charge < -0.3 is 5.32 Å². The van der Waals surface area contributed by atoms with Gasteiger partial charge in [0.25, 0.3) is 0 Å². The van der Waals surface area contributed by atoms with Gasteiger partial charge in [0.2, 0.25) is 5.91 Å². The van der Waals surface area contributed by atoms with Crippen LogP contribution >= 0.6 is 0 Å². The number of carbonyl (C=O) groups is 1. The van der Waals surface area contributed by atoms with Crippen LogP contribution in [-0.2, 0) is 27.4 Å². The molecule has 20 heavy (non-hydrogen) atoms. The summed E-state index contributed by atoms with van der Waals surface area (Å²) in [5, 5.41) is 2.91. The monoisotopic (exact) mass is 275 g/mol. The van der Waals surface area contributed by atoms with Crippen molar-refractivity contribution in [3.8, 4) is 0 Å². The molecule has 1 heterocycles. The highest BCUT2D eigenvalue weighted by atomic mass is 17.2. The SMILES string of the molecule is CC(=O)Nc1cc2c(cc1C)CC1(CCC2)CCOO1. The maximum absolute atomic E-state index is 11.3. The van der Waals surface area contributed by atoms with Crippen LogP contribution in [0.3, 0.4) is 0 Å². The summed E-state index contributed by atoms with van der Waals surface area (Å²) in [6, 6.07) is 4.32. The summed E-state index contributed by atoms with van der Waals surface area (Å²) in [6.45, 7) is 4.28. The van der Waals surface area contributed by atoms with E-state index in [1.807, 2.05) is 6.92 Å². The number of anilines is 1. The Morgan fingerprint density at radius 2 is 2.15 bits per heavy atom. The van der Waals surface area contributed by atoms with Gasteiger partial charge in [-0.15, -0.1) is 0 Å². The summed E-state index contributed by atoms with van der Waals surface area (Å²) in [6.07, 6.45) is 5.05. The molecule has 1 saturated heterocycles. The molecule has 3 rings (SSSR count). The molecule has 1 fully saturated rings. The second kappa shape index (κ2) is 5.19. The minimum atomic E-state index is -0.132. The van der Waals surface area contributed by atoms with Crippen LogP contribution in [0.5, 0.6) is 0 Å². The van der Waals surface area contributed by atoms with Gasteiger partial charge >= 0.3 is 0 Å². The summed E-state index contributed by atoms with van der Waals surface area (Å²) < 4.78 is 0. The highest BCUT2D eigenvalue weighted by molar-refractivity contribution is 5.89. The van der Waals surface area contributed by atoms with Gasteiger partial charge in [0.15, 0.2) is 0 Å². The molecule has 1 aliphatic heterocycles. The number of hydrogen-bond acceptors (Lipinski definition) is 3. The normalized spacial score (nSPS) is 25.3. The number of carbonyl (C=O) groups excluding carboxylic acids is 1. The van der Waals surface area contributed by atoms with Gasteiger partial charge in [0, 0.05) is 25.5 Å². The van der Waals surface area contributed by atoms with Crippen LogP contribution in [0.1, 0.15) is 42.9 Å². The van der Waals surface area contributed by atoms with E-state index in [-0.39, 0.29) is 11.5 Å². The lowest BCUT2D eigenvalue weighted by atomic mass is 9.89. The molecule has 1 aromatic rings. The number of rotatable bonds is 1. The Bertz CT molecular complexity index is 533. The topological polar surface area (TPSA) is 47.6 Å². The van der Waals surface area contributed by atoms with Crippen LogP contribution < -0.4 is 5.32 Å². The quantitative estimate of drug-likeness (QED) is 0.802.